The molecular weight excluding hydrogens is 1390 g/mol. The van der Waals surface area contributed by atoms with E-state index in [0.717, 1.165) is 96.6 Å². The highest BCUT2D eigenvalue weighted by Gasteiger charge is 2.35. The van der Waals surface area contributed by atoms with Gasteiger partial charge in [0, 0.05) is 105 Å². The molecule has 12 heteroatoms. The molecule has 554 valence electrons. The Labute approximate surface area is 655 Å². The Morgan fingerprint density at radius 1 is 0.342 bits per heavy atom. The first-order valence-electron chi connectivity index (χ1n) is 38.4. The lowest BCUT2D eigenvalue weighted by Gasteiger charge is -2.34. The van der Waals surface area contributed by atoms with Crippen LogP contribution in [0.15, 0.2) is 231 Å². The summed E-state index contributed by atoms with van der Waals surface area (Å²) in [5, 5.41) is 5.96. The van der Waals surface area contributed by atoms with Gasteiger partial charge in [0.15, 0.2) is 0 Å². The molecular formula is C99H90ClF3N8. The van der Waals surface area contributed by atoms with Crippen LogP contribution in [-0.2, 0) is 25.7 Å². The number of nitrogens with zero attached hydrogens (tertiary/aromatic N) is 8. The standard InChI is InChI=1S/C27H23ClN2.C27H23FN2.C23H23FN2.C22H21FN2/c2*1-19-8-13-25-24(18-19)23-15-16-29(2)26(21-6-4-3-5-7-21)27(23)30(25)17-14-20-9-11-22(28)12-10-20;1-4-21-23-19(12-13-25(21)3)20-15-16(2)5-10-22(20)26(23)14-11-17-6-8-18(24)9-7-17;1-15-4-9-21-20(14-15)19-11-12-24(3)16(2)22(19)25(21)13-10-17-5-7-18(23)8-6-17/h2*3-13,18,26H,15-16H2,1-2H3;5-10,15,21H,4,12-13H2,1-3H3;4-9,14,16H,11-12H2,1-3H3. The molecule has 4 aliphatic rings. The second kappa shape index (κ2) is 32.6. The maximum absolute atomic E-state index is 13.3. The molecule has 0 saturated carbocycles. The second-order valence-electron chi connectivity index (χ2n) is 30.0. The lowest BCUT2D eigenvalue weighted by atomic mass is 9.92. The van der Waals surface area contributed by atoms with E-state index in [1.807, 2.05) is 24.3 Å². The van der Waals surface area contributed by atoms with Gasteiger partial charge in [-0.05, 0) is 298 Å². The molecule has 0 spiro atoms. The largest absolute Gasteiger partial charge is 0.298 e. The van der Waals surface area contributed by atoms with Crippen LogP contribution in [0.2, 0.25) is 5.02 Å². The van der Waals surface area contributed by atoms with E-state index in [0.29, 0.717) is 12.1 Å². The van der Waals surface area contributed by atoms with E-state index < -0.39 is 0 Å². The zero-order chi connectivity index (χ0) is 77.1. The minimum Gasteiger partial charge on any atom is -0.298 e. The Morgan fingerprint density at radius 2 is 0.631 bits per heavy atom. The number of halogens is 4. The Bertz CT molecular complexity index is 5860. The molecule has 0 bridgehead atoms. The van der Waals surface area contributed by atoms with Crippen molar-refractivity contribution < 1.29 is 13.2 Å². The summed E-state index contributed by atoms with van der Waals surface area (Å²) in [5.41, 5.74) is 26.5. The lowest BCUT2D eigenvalue weighted by Crippen LogP contribution is -2.33. The van der Waals surface area contributed by atoms with Gasteiger partial charge in [-0.15, -0.1) is 0 Å². The van der Waals surface area contributed by atoms with E-state index in [-0.39, 0.29) is 29.5 Å². The van der Waals surface area contributed by atoms with Crippen LogP contribution in [0.25, 0.3) is 43.6 Å². The first-order chi connectivity index (χ1) is 53.8. The molecule has 8 nitrogen and oxygen atoms in total. The third-order valence-corrected chi connectivity index (χ3v) is 22.7. The van der Waals surface area contributed by atoms with Crippen molar-refractivity contribution >= 4 is 55.2 Å². The van der Waals surface area contributed by atoms with Crippen LogP contribution in [-0.4, -0.2) is 92.2 Å². The fourth-order valence-electron chi connectivity index (χ4n) is 16.7. The molecule has 4 unspecified atom stereocenters. The smallest absolute Gasteiger partial charge is 0.123 e. The molecule has 4 aliphatic heterocycles. The third-order valence-electron chi connectivity index (χ3n) is 22.5. The van der Waals surface area contributed by atoms with Crippen molar-refractivity contribution in [3.8, 4) is 47.9 Å². The molecule has 111 heavy (non-hydrogen) atoms. The van der Waals surface area contributed by atoms with Crippen LogP contribution in [0, 0.1) is 93.0 Å². The van der Waals surface area contributed by atoms with Gasteiger partial charge in [0.05, 0.1) is 63.0 Å². The second-order valence-corrected chi connectivity index (χ2v) is 30.4. The summed E-state index contributed by atoms with van der Waals surface area (Å²) in [6, 6.07) is 89.2. The predicted octanol–water partition coefficient (Wildman–Crippen LogP) is 20.9. The number of hydrogen-bond donors (Lipinski definition) is 0. The molecule has 0 N–H and O–H groups in total. The van der Waals surface area contributed by atoms with E-state index in [9.17, 15) is 13.2 Å². The van der Waals surface area contributed by atoms with Gasteiger partial charge < -0.3 is 0 Å². The van der Waals surface area contributed by atoms with E-state index >= 15 is 0 Å². The van der Waals surface area contributed by atoms with Crippen LogP contribution >= 0.6 is 11.6 Å². The number of hydrogen-bond acceptors (Lipinski definition) is 4. The van der Waals surface area contributed by atoms with Crippen molar-refractivity contribution in [3.63, 3.8) is 0 Å². The van der Waals surface area contributed by atoms with Gasteiger partial charge in [-0.2, -0.15) is 0 Å². The number of likely N-dealkylation sites (N-methyl/N-ethyl adjacent to an activating group) is 4. The van der Waals surface area contributed by atoms with Crippen LogP contribution in [0.3, 0.4) is 0 Å². The first kappa shape index (κ1) is 75.0. The topological polar surface area (TPSA) is 32.7 Å². The van der Waals surface area contributed by atoms with Crippen molar-refractivity contribution in [1.29, 1.82) is 0 Å². The van der Waals surface area contributed by atoms with Gasteiger partial charge in [-0.3, -0.25) is 37.9 Å². The van der Waals surface area contributed by atoms with Gasteiger partial charge in [-0.25, -0.2) is 13.2 Å². The van der Waals surface area contributed by atoms with Crippen LogP contribution < -0.4 is 0 Å². The molecule has 0 amide bonds. The summed E-state index contributed by atoms with van der Waals surface area (Å²) in [4.78, 5) is 9.62. The Kier molecular flexibility index (Phi) is 22.0. The average Bonchev–Trinajstić information content (AvgIpc) is 1.60. The molecule has 4 atom stereocenters. The number of aryl methyl sites for hydroxylation is 4. The van der Waals surface area contributed by atoms with Gasteiger partial charge >= 0.3 is 0 Å². The molecule has 0 saturated heterocycles. The zero-order valence-electron chi connectivity index (χ0n) is 64.7. The van der Waals surface area contributed by atoms with Crippen molar-refractivity contribution in [2.24, 2.45) is 0 Å². The minimum absolute atomic E-state index is 0.144. The summed E-state index contributed by atoms with van der Waals surface area (Å²) in [6.45, 7) is 17.2. The van der Waals surface area contributed by atoms with E-state index in [2.05, 4.69) is 289 Å². The van der Waals surface area contributed by atoms with Crippen molar-refractivity contribution in [3.05, 3.63) is 354 Å². The monoisotopic (exact) mass is 1480 g/mol. The maximum Gasteiger partial charge on any atom is 0.123 e. The molecule has 8 heterocycles. The summed E-state index contributed by atoms with van der Waals surface area (Å²) in [6.07, 6.45) is 5.18. The van der Waals surface area contributed by atoms with Crippen molar-refractivity contribution in [2.75, 3.05) is 54.4 Å². The number of benzene rings is 10. The Hall–Kier alpha value is -11.5. The van der Waals surface area contributed by atoms with E-state index in [1.54, 1.807) is 36.4 Å². The number of aromatic nitrogens is 4. The van der Waals surface area contributed by atoms with Gasteiger partial charge in [0.2, 0.25) is 0 Å². The maximum atomic E-state index is 13.3. The summed E-state index contributed by atoms with van der Waals surface area (Å²) in [5.74, 6) is 12.3. The van der Waals surface area contributed by atoms with Crippen LogP contribution in [0.1, 0.15) is 145 Å². The molecule has 14 aromatic rings. The van der Waals surface area contributed by atoms with E-state index in [1.165, 1.54) is 147 Å². The number of fused-ring (bicyclic) bond motifs is 12. The van der Waals surface area contributed by atoms with Crippen LogP contribution in [0.5, 0.6) is 0 Å². The summed E-state index contributed by atoms with van der Waals surface area (Å²) in [7, 11) is 8.74. The molecule has 10 aromatic carbocycles. The zero-order valence-corrected chi connectivity index (χ0v) is 65.5. The first-order valence-corrected chi connectivity index (χ1v) is 38.8. The lowest BCUT2D eigenvalue weighted by molar-refractivity contribution is 0.219. The predicted molar refractivity (Wildman–Crippen MR) is 450 cm³/mol. The molecule has 0 aliphatic carbocycles. The third kappa shape index (κ3) is 15.6. The average molecular weight is 1480 g/mol. The SMILES string of the molecule is CCC1c2c(c3cc(C)ccc3n2C#Cc2ccc(F)cc2)CCN1C.Cc1ccc2c(c1)c1c(n2C#Cc2ccc(Cl)cc2)C(c2ccccc2)N(C)CC1.Cc1ccc2c(c1)c1c(n2C#Cc2ccc(F)cc2)C(C)N(C)CC1.Cc1ccc2c(c1)c1c(n2C#Cc2ccc(F)cc2)C(c2ccccc2)N(C)CC1. The van der Waals surface area contributed by atoms with Crippen molar-refractivity contribution in [2.45, 2.75) is 97.8 Å². The molecule has 4 aromatic heterocycles. The van der Waals surface area contributed by atoms with Gasteiger partial charge in [0.1, 0.15) is 17.5 Å². The van der Waals surface area contributed by atoms with Gasteiger partial charge in [0.25, 0.3) is 0 Å². The van der Waals surface area contributed by atoms with Crippen LogP contribution in [0.4, 0.5) is 13.2 Å². The Balaban J connectivity index is 0.000000118. The highest BCUT2D eigenvalue weighted by atomic mass is 35.5. The highest BCUT2D eigenvalue weighted by Crippen LogP contribution is 2.44. The Morgan fingerprint density at radius 3 is 0.973 bits per heavy atom. The minimum atomic E-state index is -0.245. The quantitative estimate of drug-likeness (QED) is 0.165. The molecule has 0 fully saturated rings. The number of rotatable bonds is 3. The summed E-state index contributed by atoms with van der Waals surface area (Å²) >= 11 is 6.04. The molecule has 18 rings (SSSR count). The van der Waals surface area contributed by atoms with Gasteiger partial charge in [-0.1, -0.05) is 126 Å². The normalized spacial score (nSPS) is 16.6. The molecule has 0 radical (unpaired) electrons. The fraction of sp³-hybridized carbons (Fsp3) is 0.232. The summed E-state index contributed by atoms with van der Waals surface area (Å²) < 4.78 is 48.2. The van der Waals surface area contributed by atoms with Crippen molar-refractivity contribution in [1.82, 2.24) is 37.9 Å². The van der Waals surface area contributed by atoms with E-state index in [4.69, 9.17) is 11.6 Å². The highest BCUT2D eigenvalue weighted by molar-refractivity contribution is 6.30. The fourth-order valence-corrected chi connectivity index (χ4v) is 16.8.